The number of nitrogens with one attached hydrogen (secondary N) is 1. The van der Waals surface area contributed by atoms with Crippen LogP contribution in [-0.4, -0.2) is 30.0 Å². The van der Waals surface area contributed by atoms with Crippen LogP contribution in [0.1, 0.15) is 19.9 Å². The molecule has 1 rings (SSSR count). The molecule has 0 aliphatic heterocycles. The van der Waals surface area contributed by atoms with E-state index in [0.29, 0.717) is 12.6 Å². The first-order chi connectivity index (χ1) is 6.24. The third-order valence-electron chi connectivity index (χ3n) is 1.73. The topological polar surface area (TPSA) is 39.1 Å². The normalized spacial score (nSPS) is 10.8. The van der Waals surface area contributed by atoms with Gasteiger partial charge in [-0.2, -0.15) is 5.10 Å². The molecule has 0 amide bonds. The first-order valence-corrected chi connectivity index (χ1v) is 4.55. The van der Waals surface area contributed by atoms with Gasteiger partial charge >= 0.3 is 0 Å². The van der Waals surface area contributed by atoms with Crippen molar-refractivity contribution in [3.63, 3.8) is 0 Å². The van der Waals surface area contributed by atoms with Gasteiger partial charge in [-0.15, -0.1) is 0 Å². The van der Waals surface area contributed by atoms with Crippen molar-refractivity contribution in [2.45, 2.75) is 19.9 Å². The molecule has 4 heteroatoms. The quantitative estimate of drug-likeness (QED) is 0.694. The summed E-state index contributed by atoms with van der Waals surface area (Å²) in [4.78, 5) is 0. The summed E-state index contributed by atoms with van der Waals surface area (Å²) in [7, 11) is 1.90. The lowest BCUT2D eigenvalue weighted by Crippen LogP contribution is -2.15. The van der Waals surface area contributed by atoms with Crippen molar-refractivity contribution in [2.24, 2.45) is 0 Å². The first kappa shape index (κ1) is 10.1. The van der Waals surface area contributed by atoms with Gasteiger partial charge in [0.1, 0.15) is 6.61 Å². The second-order valence-corrected chi connectivity index (χ2v) is 3.20. The molecule has 0 aliphatic carbocycles. The van der Waals surface area contributed by atoms with Crippen LogP contribution in [0, 0.1) is 0 Å². The van der Waals surface area contributed by atoms with Gasteiger partial charge in [0.15, 0.2) is 5.75 Å². The summed E-state index contributed by atoms with van der Waals surface area (Å²) >= 11 is 0. The lowest BCUT2D eigenvalue weighted by molar-refractivity contribution is 0.317. The Morgan fingerprint density at radius 3 is 2.92 bits per heavy atom. The summed E-state index contributed by atoms with van der Waals surface area (Å²) in [6, 6.07) is 0.390. The average Bonchev–Trinajstić information content (AvgIpc) is 2.53. The molecule has 1 N–H and O–H groups in total. The molecule has 0 unspecified atom stereocenters. The molecule has 1 aromatic heterocycles. The Hall–Kier alpha value is -1.03. The van der Waals surface area contributed by atoms with E-state index in [4.69, 9.17) is 4.74 Å². The monoisotopic (exact) mass is 183 g/mol. The maximum Gasteiger partial charge on any atom is 0.157 e. The summed E-state index contributed by atoms with van der Waals surface area (Å²) in [5.41, 5.74) is 0. The second kappa shape index (κ2) is 4.87. The van der Waals surface area contributed by atoms with Crippen LogP contribution in [0.15, 0.2) is 12.4 Å². The number of hydrogen-bond acceptors (Lipinski definition) is 3. The van der Waals surface area contributed by atoms with E-state index >= 15 is 0 Å². The Bertz CT molecular complexity index is 245. The zero-order chi connectivity index (χ0) is 9.68. The lowest BCUT2D eigenvalue weighted by Gasteiger charge is -2.03. The van der Waals surface area contributed by atoms with Crippen molar-refractivity contribution in [3.05, 3.63) is 12.4 Å². The second-order valence-electron chi connectivity index (χ2n) is 3.20. The Labute approximate surface area is 78.9 Å². The van der Waals surface area contributed by atoms with Crippen molar-refractivity contribution in [2.75, 3.05) is 20.2 Å². The fourth-order valence-electron chi connectivity index (χ4n) is 0.948. The Morgan fingerprint density at radius 1 is 1.62 bits per heavy atom. The lowest BCUT2D eigenvalue weighted by atomic mass is 10.4. The van der Waals surface area contributed by atoms with E-state index in [0.717, 1.165) is 12.3 Å². The number of nitrogens with zero attached hydrogens (tertiary/aromatic N) is 2. The average molecular weight is 183 g/mol. The minimum absolute atomic E-state index is 0.390. The number of hydrogen-bond donors (Lipinski definition) is 1. The number of ether oxygens (including phenoxy) is 1. The van der Waals surface area contributed by atoms with Crippen LogP contribution in [-0.2, 0) is 0 Å². The minimum Gasteiger partial charge on any atom is -0.489 e. The Kier molecular flexibility index (Phi) is 3.76. The van der Waals surface area contributed by atoms with Crippen LogP contribution in [0.3, 0.4) is 0 Å². The summed E-state index contributed by atoms with van der Waals surface area (Å²) in [5.74, 6) is 0.837. The molecule has 0 spiro atoms. The van der Waals surface area contributed by atoms with Crippen LogP contribution < -0.4 is 10.1 Å². The number of likely N-dealkylation sites (N-methyl/N-ethyl adjacent to an activating group) is 1. The van der Waals surface area contributed by atoms with Crippen molar-refractivity contribution in [1.82, 2.24) is 15.1 Å². The van der Waals surface area contributed by atoms with E-state index in [9.17, 15) is 0 Å². The largest absolute Gasteiger partial charge is 0.489 e. The van der Waals surface area contributed by atoms with Crippen LogP contribution >= 0.6 is 0 Å². The number of rotatable bonds is 5. The van der Waals surface area contributed by atoms with Crippen molar-refractivity contribution in [3.8, 4) is 5.75 Å². The summed E-state index contributed by atoms with van der Waals surface area (Å²) in [5, 5.41) is 7.18. The van der Waals surface area contributed by atoms with Crippen LogP contribution in [0.5, 0.6) is 5.75 Å². The third kappa shape index (κ3) is 3.06. The predicted octanol–water partition coefficient (Wildman–Crippen LogP) is 1.06. The van der Waals surface area contributed by atoms with Gasteiger partial charge in [-0.05, 0) is 20.9 Å². The molecule has 74 valence electrons. The molecule has 0 fully saturated rings. The predicted molar refractivity (Wildman–Crippen MR) is 52.0 cm³/mol. The summed E-state index contributed by atoms with van der Waals surface area (Å²) < 4.78 is 7.32. The van der Waals surface area contributed by atoms with Gasteiger partial charge in [-0.25, -0.2) is 0 Å². The smallest absolute Gasteiger partial charge is 0.157 e. The molecule has 0 aromatic carbocycles. The fraction of sp³-hybridized carbons (Fsp3) is 0.667. The molecule has 13 heavy (non-hydrogen) atoms. The zero-order valence-corrected chi connectivity index (χ0v) is 8.45. The molecule has 0 saturated carbocycles. The number of aromatic nitrogens is 2. The molecule has 0 bridgehead atoms. The molecular formula is C9H17N3O. The van der Waals surface area contributed by atoms with Crippen molar-refractivity contribution >= 4 is 0 Å². The van der Waals surface area contributed by atoms with E-state index in [1.54, 1.807) is 6.20 Å². The van der Waals surface area contributed by atoms with Crippen LogP contribution in [0.4, 0.5) is 0 Å². The Morgan fingerprint density at radius 2 is 2.38 bits per heavy atom. The molecule has 1 heterocycles. The van der Waals surface area contributed by atoms with E-state index in [1.807, 2.05) is 17.9 Å². The van der Waals surface area contributed by atoms with Gasteiger partial charge < -0.3 is 10.1 Å². The van der Waals surface area contributed by atoms with Gasteiger partial charge in [0.05, 0.1) is 12.4 Å². The minimum atomic E-state index is 0.390. The fourth-order valence-corrected chi connectivity index (χ4v) is 0.948. The standard InChI is InChI=1S/C9H17N3O/c1-8(2)12-7-9(6-11-12)13-5-4-10-3/h6-8,10H,4-5H2,1-3H3. The third-order valence-corrected chi connectivity index (χ3v) is 1.73. The SMILES string of the molecule is CNCCOc1cnn(C(C)C)c1. The van der Waals surface area contributed by atoms with Gasteiger partial charge in [0.25, 0.3) is 0 Å². The van der Waals surface area contributed by atoms with Gasteiger partial charge in [0.2, 0.25) is 0 Å². The molecule has 0 saturated heterocycles. The van der Waals surface area contributed by atoms with Crippen LogP contribution in [0.25, 0.3) is 0 Å². The van der Waals surface area contributed by atoms with Crippen molar-refractivity contribution < 1.29 is 4.74 Å². The van der Waals surface area contributed by atoms with Gasteiger partial charge in [-0.3, -0.25) is 4.68 Å². The Balaban J connectivity index is 2.40. The molecule has 4 nitrogen and oxygen atoms in total. The maximum atomic E-state index is 5.43. The van der Waals surface area contributed by atoms with Gasteiger partial charge in [-0.1, -0.05) is 0 Å². The molecule has 0 radical (unpaired) electrons. The molecular weight excluding hydrogens is 166 g/mol. The van der Waals surface area contributed by atoms with E-state index in [1.165, 1.54) is 0 Å². The van der Waals surface area contributed by atoms with Gasteiger partial charge in [0, 0.05) is 12.6 Å². The maximum absolute atomic E-state index is 5.43. The summed E-state index contributed by atoms with van der Waals surface area (Å²) in [6.07, 6.45) is 3.66. The molecule has 1 aromatic rings. The van der Waals surface area contributed by atoms with E-state index < -0.39 is 0 Å². The highest BCUT2D eigenvalue weighted by Gasteiger charge is 2.01. The van der Waals surface area contributed by atoms with Crippen LogP contribution in [0.2, 0.25) is 0 Å². The van der Waals surface area contributed by atoms with E-state index in [-0.39, 0.29) is 0 Å². The first-order valence-electron chi connectivity index (χ1n) is 4.55. The molecule has 0 aliphatic rings. The highest BCUT2D eigenvalue weighted by Crippen LogP contribution is 2.11. The highest BCUT2D eigenvalue weighted by atomic mass is 16.5. The summed E-state index contributed by atoms with van der Waals surface area (Å²) in [6.45, 7) is 5.71. The highest BCUT2D eigenvalue weighted by molar-refractivity contribution is 5.11. The van der Waals surface area contributed by atoms with E-state index in [2.05, 4.69) is 24.3 Å². The van der Waals surface area contributed by atoms with Crippen molar-refractivity contribution in [1.29, 1.82) is 0 Å². The zero-order valence-electron chi connectivity index (χ0n) is 8.45. The molecule has 0 atom stereocenters.